The van der Waals surface area contributed by atoms with Crippen LogP contribution in [0, 0.1) is 0 Å². The minimum atomic E-state index is -0.925. The zero-order valence-electron chi connectivity index (χ0n) is 10.6. The number of carboxylic acids is 1. The van der Waals surface area contributed by atoms with Gasteiger partial charge in [-0.05, 0) is 6.07 Å². The van der Waals surface area contributed by atoms with Gasteiger partial charge in [0.2, 0.25) is 5.91 Å². The largest absolute Gasteiger partial charge is 0.492 e. The number of benzene rings is 1. The molecule has 1 amide bonds. The third-order valence-corrected chi connectivity index (χ3v) is 4.03. The van der Waals surface area contributed by atoms with Crippen molar-refractivity contribution in [1.29, 1.82) is 0 Å². The van der Waals surface area contributed by atoms with Gasteiger partial charge in [-0.25, -0.2) is 0 Å². The predicted molar refractivity (Wildman–Crippen MR) is 77.4 cm³/mol. The van der Waals surface area contributed by atoms with Gasteiger partial charge in [0.15, 0.2) is 0 Å². The Hall–Kier alpha value is -1.40. The molecule has 5 nitrogen and oxygen atoms in total. The number of carbonyl (C=O) groups excluding carboxylic acids is 1. The van der Waals surface area contributed by atoms with Gasteiger partial charge in [0.05, 0.1) is 29.2 Å². The molecule has 1 aliphatic heterocycles. The summed E-state index contributed by atoms with van der Waals surface area (Å²) in [7, 11) is 0. The average Bonchev–Trinajstić information content (AvgIpc) is 2.39. The van der Waals surface area contributed by atoms with Crippen LogP contribution in [0.4, 0.5) is 0 Å². The van der Waals surface area contributed by atoms with Crippen LogP contribution >= 0.6 is 23.4 Å². The lowest BCUT2D eigenvalue weighted by atomic mass is 10.0. The fourth-order valence-corrected chi connectivity index (χ4v) is 2.79. The van der Waals surface area contributed by atoms with E-state index in [1.807, 2.05) is 12.1 Å². The maximum atomic E-state index is 11.8. The van der Waals surface area contributed by atoms with Crippen molar-refractivity contribution >= 4 is 35.2 Å². The van der Waals surface area contributed by atoms with E-state index >= 15 is 0 Å². The molecule has 1 heterocycles. The van der Waals surface area contributed by atoms with Crippen molar-refractivity contribution in [1.82, 2.24) is 5.32 Å². The molecule has 1 unspecified atom stereocenters. The Morgan fingerprint density at radius 2 is 2.25 bits per heavy atom. The lowest BCUT2D eigenvalue weighted by Gasteiger charge is -2.27. The minimum absolute atomic E-state index is 0.0797. The molecule has 0 spiro atoms. The third-order valence-electron chi connectivity index (χ3n) is 2.82. The van der Waals surface area contributed by atoms with Gasteiger partial charge in [0.1, 0.15) is 5.75 Å². The number of aliphatic carboxylic acids is 1. The number of hydrogen-bond donors (Lipinski definition) is 2. The van der Waals surface area contributed by atoms with E-state index in [-0.39, 0.29) is 23.5 Å². The van der Waals surface area contributed by atoms with Gasteiger partial charge in [0, 0.05) is 12.0 Å². The van der Waals surface area contributed by atoms with Gasteiger partial charge in [0.25, 0.3) is 0 Å². The standard InChI is InChI=1S/C13H14ClNO4S/c14-9-3-1-2-8-10(4-5-19-13(8)9)15-11(16)6-20-7-12(17)18/h1-3,10H,4-7H2,(H,15,16)(H,17,18). The molecule has 0 fully saturated rings. The van der Waals surface area contributed by atoms with Crippen LogP contribution in [0.25, 0.3) is 0 Å². The van der Waals surface area contributed by atoms with Crippen LogP contribution in [-0.4, -0.2) is 35.1 Å². The topological polar surface area (TPSA) is 75.6 Å². The second-order valence-electron chi connectivity index (χ2n) is 4.30. The highest BCUT2D eigenvalue weighted by molar-refractivity contribution is 8.00. The van der Waals surface area contributed by atoms with Crippen LogP contribution in [0.2, 0.25) is 5.02 Å². The van der Waals surface area contributed by atoms with Gasteiger partial charge in [-0.3, -0.25) is 9.59 Å². The molecular formula is C13H14ClNO4S. The molecule has 0 aromatic heterocycles. The summed E-state index contributed by atoms with van der Waals surface area (Å²) in [5.41, 5.74) is 0.861. The monoisotopic (exact) mass is 315 g/mol. The lowest BCUT2D eigenvalue weighted by molar-refractivity contribution is -0.133. The Bertz CT molecular complexity index is 523. The number of fused-ring (bicyclic) bond motifs is 1. The van der Waals surface area contributed by atoms with E-state index in [0.29, 0.717) is 23.8 Å². The van der Waals surface area contributed by atoms with E-state index < -0.39 is 5.97 Å². The summed E-state index contributed by atoms with van der Waals surface area (Å²) in [6.07, 6.45) is 0.669. The first-order valence-corrected chi connectivity index (χ1v) is 7.61. The van der Waals surface area contributed by atoms with E-state index in [9.17, 15) is 9.59 Å². The second kappa shape index (κ2) is 6.85. The Morgan fingerprint density at radius 3 is 3.00 bits per heavy atom. The highest BCUT2D eigenvalue weighted by Gasteiger charge is 2.24. The number of thioether (sulfide) groups is 1. The van der Waals surface area contributed by atoms with Gasteiger partial charge < -0.3 is 15.2 Å². The fourth-order valence-electron chi connectivity index (χ4n) is 2.00. The summed E-state index contributed by atoms with van der Waals surface area (Å²) in [5.74, 6) is -0.452. The van der Waals surface area contributed by atoms with Crippen molar-refractivity contribution in [2.24, 2.45) is 0 Å². The summed E-state index contributed by atoms with van der Waals surface area (Å²) in [6, 6.07) is 5.28. The van der Waals surface area contributed by atoms with E-state index in [1.165, 1.54) is 0 Å². The molecule has 0 saturated carbocycles. The summed E-state index contributed by atoms with van der Waals surface area (Å²) in [6.45, 7) is 0.490. The summed E-state index contributed by atoms with van der Waals surface area (Å²) < 4.78 is 5.51. The molecule has 0 radical (unpaired) electrons. The Balaban J connectivity index is 1.96. The van der Waals surface area contributed by atoms with Crippen LogP contribution in [0.5, 0.6) is 5.75 Å². The fraction of sp³-hybridized carbons (Fsp3) is 0.385. The molecule has 0 aliphatic carbocycles. The van der Waals surface area contributed by atoms with Crippen molar-refractivity contribution in [3.05, 3.63) is 28.8 Å². The molecule has 108 valence electrons. The average molecular weight is 316 g/mol. The predicted octanol–water partition coefficient (Wildman–Crippen LogP) is 2.10. The van der Waals surface area contributed by atoms with Crippen LogP contribution in [0.15, 0.2) is 18.2 Å². The van der Waals surface area contributed by atoms with Crippen LogP contribution in [0.1, 0.15) is 18.0 Å². The van der Waals surface area contributed by atoms with Gasteiger partial charge in [-0.2, -0.15) is 0 Å². The highest BCUT2D eigenvalue weighted by Crippen LogP contribution is 2.37. The normalized spacial score (nSPS) is 16.9. The Labute approximate surface area is 125 Å². The van der Waals surface area contributed by atoms with Crippen LogP contribution < -0.4 is 10.1 Å². The number of nitrogens with one attached hydrogen (secondary N) is 1. The molecule has 20 heavy (non-hydrogen) atoms. The maximum Gasteiger partial charge on any atom is 0.313 e. The number of carbonyl (C=O) groups is 2. The molecule has 2 rings (SSSR count). The number of halogens is 1. The first-order chi connectivity index (χ1) is 9.58. The van der Waals surface area contributed by atoms with Gasteiger partial charge >= 0.3 is 5.97 Å². The van der Waals surface area contributed by atoms with Crippen molar-refractivity contribution in [2.45, 2.75) is 12.5 Å². The zero-order chi connectivity index (χ0) is 14.5. The van der Waals surface area contributed by atoms with Crippen molar-refractivity contribution in [2.75, 3.05) is 18.1 Å². The van der Waals surface area contributed by atoms with E-state index in [4.69, 9.17) is 21.4 Å². The minimum Gasteiger partial charge on any atom is -0.492 e. The number of para-hydroxylation sites is 1. The Morgan fingerprint density at radius 1 is 1.45 bits per heavy atom. The number of hydrogen-bond acceptors (Lipinski definition) is 4. The molecule has 1 aromatic carbocycles. The number of amides is 1. The zero-order valence-corrected chi connectivity index (χ0v) is 12.2. The van der Waals surface area contributed by atoms with Crippen LogP contribution in [0.3, 0.4) is 0 Å². The quantitative estimate of drug-likeness (QED) is 0.870. The lowest BCUT2D eigenvalue weighted by Crippen LogP contribution is -2.33. The van der Waals surface area contributed by atoms with Gasteiger partial charge in [-0.15, -0.1) is 11.8 Å². The number of carboxylic acid groups (broad SMARTS) is 1. The summed E-state index contributed by atoms with van der Waals surface area (Å²) in [5, 5.41) is 11.9. The first-order valence-electron chi connectivity index (χ1n) is 6.08. The Kier molecular flexibility index (Phi) is 5.14. The maximum absolute atomic E-state index is 11.8. The van der Waals surface area contributed by atoms with Gasteiger partial charge in [-0.1, -0.05) is 23.7 Å². The number of ether oxygens (including phenoxy) is 1. The number of rotatable bonds is 5. The molecule has 1 aliphatic rings. The second-order valence-corrected chi connectivity index (χ2v) is 5.69. The van der Waals surface area contributed by atoms with Crippen molar-refractivity contribution in [3.63, 3.8) is 0 Å². The summed E-state index contributed by atoms with van der Waals surface area (Å²) in [4.78, 5) is 22.2. The molecular weight excluding hydrogens is 302 g/mol. The molecule has 0 saturated heterocycles. The van der Waals surface area contributed by atoms with E-state index in [2.05, 4.69) is 5.32 Å². The molecule has 7 heteroatoms. The van der Waals surface area contributed by atoms with Crippen molar-refractivity contribution in [3.8, 4) is 5.75 Å². The smallest absolute Gasteiger partial charge is 0.313 e. The van der Waals surface area contributed by atoms with Crippen molar-refractivity contribution < 1.29 is 19.4 Å². The molecule has 2 N–H and O–H groups in total. The molecule has 1 aromatic rings. The molecule has 0 bridgehead atoms. The first kappa shape index (κ1) is 15.0. The van der Waals surface area contributed by atoms with E-state index in [1.54, 1.807) is 6.07 Å². The van der Waals surface area contributed by atoms with Crippen LogP contribution in [-0.2, 0) is 9.59 Å². The van der Waals surface area contributed by atoms with E-state index in [0.717, 1.165) is 17.3 Å². The highest BCUT2D eigenvalue weighted by atomic mass is 35.5. The molecule has 1 atom stereocenters. The third kappa shape index (κ3) is 3.80. The SMILES string of the molecule is O=C(O)CSCC(=O)NC1CCOc2c(Cl)cccc21. The summed E-state index contributed by atoms with van der Waals surface area (Å²) >= 11 is 7.13.